The van der Waals surface area contributed by atoms with Gasteiger partial charge in [0.25, 0.3) is 0 Å². The summed E-state index contributed by atoms with van der Waals surface area (Å²) in [6.45, 7) is 0. The van der Waals surface area contributed by atoms with Gasteiger partial charge in [-0.3, -0.25) is 0 Å². The number of hydrogen-bond acceptors (Lipinski definition) is 1. The second-order valence-corrected chi connectivity index (χ2v) is 7.52. The minimum absolute atomic E-state index is 0.0341. The number of halogens is 2. The number of hydrogen-bond donors (Lipinski definition) is 0. The largest absolute Gasteiger partial charge is 0.144 e. The van der Waals surface area contributed by atoms with Crippen molar-refractivity contribution in [3.63, 3.8) is 0 Å². The summed E-state index contributed by atoms with van der Waals surface area (Å²) in [6.07, 6.45) is 7.27. The number of thiophene rings is 1. The first-order chi connectivity index (χ1) is 9.74. The normalized spacial score (nSPS) is 16.5. The highest BCUT2D eigenvalue weighted by Gasteiger charge is 2.18. The second kappa shape index (κ2) is 6.51. The van der Waals surface area contributed by atoms with E-state index in [1.165, 1.54) is 42.5 Å². The fourth-order valence-electron chi connectivity index (χ4n) is 2.80. The quantitative estimate of drug-likeness (QED) is 0.466. The molecule has 0 spiro atoms. The highest BCUT2D eigenvalue weighted by molar-refractivity contribution is 7.12. The van der Waals surface area contributed by atoms with Gasteiger partial charge in [0.1, 0.15) is 0 Å². The van der Waals surface area contributed by atoms with E-state index in [0.717, 1.165) is 17.0 Å². The van der Waals surface area contributed by atoms with Gasteiger partial charge in [-0.2, -0.15) is 0 Å². The molecule has 1 aromatic heterocycles. The minimum atomic E-state index is 0.0341. The molecule has 0 amide bonds. The van der Waals surface area contributed by atoms with Gasteiger partial charge in [-0.05, 0) is 55.4 Å². The van der Waals surface area contributed by atoms with E-state index in [1.54, 1.807) is 4.88 Å². The number of fused-ring (bicyclic) bond motifs is 1. The van der Waals surface area contributed by atoms with Gasteiger partial charge >= 0.3 is 0 Å². The molecule has 1 unspecified atom stereocenters. The summed E-state index contributed by atoms with van der Waals surface area (Å²) in [5.41, 5.74) is 2.67. The number of aryl methyl sites for hydroxylation is 2. The molecule has 0 saturated heterocycles. The third kappa shape index (κ3) is 3.21. The third-order valence-electron chi connectivity index (χ3n) is 3.93. The first kappa shape index (κ1) is 14.4. The molecule has 0 nitrogen and oxygen atoms in total. The van der Waals surface area contributed by atoms with Gasteiger partial charge in [0.2, 0.25) is 0 Å². The number of alkyl halides is 1. The van der Waals surface area contributed by atoms with Crippen LogP contribution >= 0.6 is 34.5 Å². The Labute approximate surface area is 134 Å². The summed E-state index contributed by atoms with van der Waals surface area (Å²) in [5.74, 6) is 0. The molecule has 1 atom stereocenters. The summed E-state index contributed by atoms with van der Waals surface area (Å²) in [7, 11) is 0. The average molecular weight is 325 g/mol. The van der Waals surface area contributed by atoms with Crippen molar-refractivity contribution in [1.82, 2.24) is 0 Å². The van der Waals surface area contributed by atoms with E-state index in [-0.39, 0.29) is 5.38 Å². The Morgan fingerprint density at radius 1 is 1.10 bits per heavy atom. The Bertz CT molecular complexity index is 565. The van der Waals surface area contributed by atoms with Crippen LogP contribution < -0.4 is 0 Å². The molecule has 1 aromatic carbocycles. The summed E-state index contributed by atoms with van der Waals surface area (Å²) in [4.78, 5) is 2.86. The Hall–Kier alpha value is -0.500. The lowest BCUT2D eigenvalue weighted by Crippen LogP contribution is -1.94. The number of rotatable bonds is 3. The van der Waals surface area contributed by atoms with Crippen molar-refractivity contribution in [2.75, 3.05) is 0 Å². The fraction of sp³-hybridized carbons (Fsp3) is 0.412. The maximum Gasteiger partial charge on any atom is 0.0719 e. The Kier molecular flexibility index (Phi) is 4.70. The standard InChI is InChI=1S/C17H18Cl2S/c18-14-8-5-4-6-12(14)10-15(19)17-11-13-7-2-1-3-9-16(13)20-17/h4-6,8,11,15H,1-3,7,9-10H2. The van der Waals surface area contributed by atoms with Gasteiger partial charge in [-0.1, -0.05) is 36.2 Å². The van der Waals surface area contributed by atoms with Gasteiger partial charge in [0.15, 0.2) is 0 Å². The number of benzene rings is 1. The predicted molar refractivity (Wildman–Crippen MR) is 89.3 cm³/mol. The van der Waals surface area contributed by atoms with Crippen LogP contribution in [0.4, 0.5) is 0 Å². The Morgan fingerprint density at radius 3 is 2.75 bits per heavy atom. The average Bonchev–Trinajstić information content (AvgIpc) is 2.73. The molecular weight excluding hydrogens is 307 g/mol. The Balaban J connectivity index is 1.77. The van der Waals surface area contributed by atoms with Crippen LogP contribution in [0.5, 0.6) is 0 Å². The fourth-order valence-corrected chi connectivity index (χ4v) is 4.61. The first-order valence-electron chi connectivity index (χ1n) is 7.23. The molecule has 1 heterocycles. The van der Waals surface area contributed by atoms with E-state index in [1.807, 2.05) is 29.5 Å². The van der Waals surface area contributed by atoms with E-state index in [0.29, 0.717) is 0 Å². The van der Waals surface area contributed by atoms with Crippen LogP contribution in [0.1, 0.15) is 45.5 Å². The van der Waals surface area contributed by atoms with Crippen LogP contribution in [0.25, 0.3) is 0 Å². The van der Waals surface area contributed by atoms with E-state index in [4.69, 9.17) is 23.2 Å². The lowest BCUT2D eigenvalue weighted by molar-refractivity contribution is 0.712. The van der Waals surface area contributed by atoms with Crippen molar-refractivity contribution in [2.45, 2.75) is 43.9 Å². The molecule has 3 heteroatoms. The van der Waals surface area contributed by atoms with Crippen molar-refractivity contribution in [3.8, 4) is 0 Å². The maximum absolute atomic E-state index is 6.62. The van der Waals surface area contributed by atoms with Crippen LogP contribution in [0.15, 0.2) is 30.3 Å². The van der Waals surface area contributed by atoms with Gasteiger partial charge < -0.3 is 0 Å². The van der Waals surface area contributed by atoms with E-state index in [2.05, 4.69) is 12.1 Å². The summed E-state index contributed by atoms with van der Waals surface area (Å²) < 4.78 is 0. The van der Waals surface area contributed by atoms with E-state index in [9.17, 15) is 0 Å². The molecule has 2 aromatic rings. The van der Waals surface area contributed by atoms with Crippen molar-refractivity contribution < 1.29 is 0 Å². The molecule has 0 saturated carbocycles. The summed E-state index contributed by atoms with van der Waals surface area (Å²) in [6, 6.07) is 10.3. The van der Waals surface area contributed by atoms with Crippen LogP contribution in [0.2, 0.25) is 5.02 Å². The predicted octanol–water partition coefficient (Wildman–Crippen LogP) is 6.19. The monoisotopic (exact) mass is 324 g/mol. The zero-order chi connectivity index (χ0) is 13.9. The molecule has 1 aliphatic carbocycles. The molecule has 3 rings (SSSR count). The van der Waals surface area contributed by atoms with Crippen LogP contribution in [0, 0.1) is 0 Å². The zero-order valence-corrected chi connectivity index (χ0v) is 13.7. The van der Waals surface area contributed by atoms with E-state index < -0.39 is 0 Å². The van der Waals surface area contributed by atoms with Gasteiger partial charge in [0.05, 0.1) is 5.38 Å². The molecule has 0 N–H and O–H groups in total. The van der Waals surface area contributed by atoms with Crippen LogP contribution in [-0.2, 0) is 19.3 Å². The minimum Gasteiger partial charge on any atom is -0.144 e. The molecule has 0 fully saturated rings. The van der Waals surface area contributed by atoms with Crippen LogP contribution in [0.3, 0.4) is 0 Å². The van der Waals surface area contributed by atoms with E-state index >= 15 is 0 Å². The maximum atomic E-state index is 6.62. The highest BCUT2D eigenvalue weighted by Crippen LogP contribution is 2.37. The van der Waals surface area contributed by atoms with Crippen molar-refractivity contribution in [3.05, 3.63) is 56.2 Å². The zero-order valence-electron chi connectivity index (χ0n) is 11.4. The molecule has 1 aliphatic rings. The lowest BCUT2D eigenvalue weighted by atomic mass is 10.1. The smallest absolute Gasteiger partial charge is 0.0719 e. The Morgan fingerprint density at radius 2 is 1.90 bits per heavy atom. The van der Waals surface area contributed by atoms with Gasteiger partial charge in [-0.15, -0.1) is 22.9 Å². The molecular formula is C17H18Cl2S. The molecule has 0 bridgehead atoms. The van der Waals surface area contributed by atoms with Crippen LogP contribution in [-0.4, -0.2) is 0 Å². The lowest BCUT2D eigenvalue weighted by Gasteiger charge is -2.09. The third-order valence-corrected chi connectivity index (χ3v) is 6.17. The topological polar surface area (TPSA) is 0 Å². The molecule has 106 valence electrons. The first-order valence-corrected chi connectivity index (χ1v) is 8.86. The van der Waals surface area contributed by atoms with Gasteiger partial charge in [-0.25, -0.2) is 0 Å². The second-order valence-electron chi connectivity index (χ2n) is 5.42. The van der Waals surface area contributed by atoms with Gasteiger partial charge in [0, 0.05) is 14.8 Å². The molecule has 0 aliphatic heterocycles. The van der Waals surface area contributed by atoms with Crippen molar-refractivity contribution in [1.29, 1.82) is 0 Å². The SMILES string of the molecule is Clc1ccccc1CC(Cl)c1cc2c(s1)CCCCC2. The van der Waals surface area contributed by atoms with Crippen molar-refractivity contribution >= 4 is 34.5 Å². The summed E-state index contributed by atoms with van der Waals surface area (Å²) in [5, 5.41) is 0.850. The molecule has 0 radical (unpaired) electrons. The highest BCUT2D eigenvalue weighted by atomic mass is 35.5. The van der Waals surface area contributed by atoms with Crippen molar-refractivity contribution in [2.24, 2.45) is 0 Å². The summed E-state index contributed by atoms with van der Waals surface area (Å²) >= 11 is 14.8. The molecule has 20 heavy (non-hydrogen) atoms.